The standard InChI is InChI=1S/C24H22F3N5O3/c25-24(26,27)18-3-1-2-4-19(18)31-17-7-5-16(6-8-17)13-30-22(34)23(9-12-35-15-23)32-21(33)20-14-28-10-11-29-20/h1-8,10-11,14,31H,9,12-13,15H2,(H,30,34)(H,32,33). The van der Waals surface area contributed by atoms with Gasteiger partial charge >= 0.3 is 6.18 Å². The first kappa shape index (κ1) is 24.1. The molecule has 1 aliphatic heterocycles. The van der Waals surface area contributed by atoms with Crippen LogP contribution in [-0.4, -0.2) is 40.5 Å². The van der Waals surface area contributed by atoms with Gasteiger partial charge in [0.25, 0.3) is 5.91 Å². The lowest BCUT2D eigenvalue weighted by molar-refractivity contribution is -0.137. The Kier molecular flexibility index (Phi) is 6.97. The Balaban J connectivity index is 1.38. The summed E-state index contributed by atoms with van der Waals surface area (Å²) in [7, 11) is 0. The molecule has 0 spiro atoms. The van der Waals surface area contributed by atoms with Crippen LogP contribution >= 0.6 is 0 Å². The van der Waals surface area contributed by atoms with Crippen molar-refractivity contribution in [3.05, 3.63) is 83.9 Å². The Morgan fingerprint density at radius 3 is 2.49 bits per heavy atom. The maximum atomic E-state index is 13.2. The molecule has 3 N–H and O–H groups in total. The molecule has 2 aromatic carbocycles. The van der Waals surface area contributed by atoms with Crippen LogP contribution in [0.3, 0.4) is 0 Å². The molecule has 1 aromatic heterocycles. The summed E-state index contributed by atoms with van der Waals surface area (Å²) in [6.45, 7) is 0.487. The minimum atomic E-state index is -4.48. The van der Waals surface area contributed by atoms with Crippen LogP contribution in [0.25, 0.3) is 0 Å². The normalized spacial score (nSPS) is 17.6. The zero-order valence-corrected chi connectivity index (χ0v) is 18.4. The summed E-state index contributed by atoms with van der Waals surface area (Å²) in [6.07, 6.45) is -0.0527. The summed E-state index contributed by atoms with van der Waals surface area (Å²) >= 11 is 0. The van der Waals surface area contributed by atoms with Crippen LogP contribution in [0.5, 0.6) is 0 Å². The van der Waals surface area contributed by atoms with E-state index in [9.17, 15) is 22.8 Å². The summed E-state index contributed by atoms with van der Waals surface area (Å²) in [5, 5.41) is 8.29. The van der Waals surface area contributed by atoms with Gasteiger partial charge in [0.15, 0.2) is 0 Å². The number of rotatable bonds is 7. The fourth-order valence-electron chi connectivity index (χ4n) is 3.65. The molecule has 1 fully saturated rings. The highest BCUT2D eigenvalue weighted by Crippen LogP contribution is 2.35. The molecule has 1 atom stereocenters. The molecule has 4 rings (SSSR count). The molecule has 0 bridgehead atoms. The number of nitrogens with one attached hydrogen (secondary N) is 3. The van der Waals surface area contributed by atoms with Crippen molar-refractivity contribution in [1.29, 1.82) is 0 Å². The van der Waals surface area contributed by atoms with E-state index >= 15 is 0 Å². The van der Waals surface area contributed by atoms with Crippen LogP contribution < -0.4 is 16.0 Å². The van der Waals surface area contributed by atoms with Gasteiger partial charge in [0.2, 0.25) is 5.91 Å². The summed E-state index contributed by atoms with van der Waals surface area (Å²) in [5.74, 6) is -0.943. The van der Waals surface area contributed by atoms with Crippen LogP contribution in [-0.2, 0) is 22.3 Å². The van der Waals surface area contributed by atoms with Gasteiger partial charge in [0.1, 0.15) is 11.2 Å². The number of para-hydroxylation sites is 1. The number of hydrogen-bond acceptors (Lipinski definition) is 6. The van der Waals surface area contributed by atoms with E-state index in [1.54, 1.807) is 24.3 Å². The number of amides is 2. The van der Waals surface area contributed by atoms with Gasteiger partial charge in [0, 0.05) is 37.7 Å². The molecule has 0 radical (unpaired) electrons. The molecule has 3 aromatic rings. The third-order valence-electron chi connectivity index (χ3n) is 5.52. The maximum absolute atomic E-state index is 13.2. The number of nitrogens with zero attached hydrogens (tertiary/aromatic N) is 2. The Bertz CT molecular complexity index is 1180. The predicted octanol–water partition coefficient (Wildman–Crippen LogP) is 3.44. The lowest BCUT2D eigenvalue weighted by Gasteiger charge is -2.27. The van der Waals surface area contributed by atoms with E-state index in [4.69, 9.17) is 4.74 Å². The summed E-state index contributed by atoms with van der Waals surface area (Å²) < 4.78 is 45.0. The Hall–Kier alpha value is -3.99. The maximum Gasteiger partial charge on any atom is 0.418 e. The first-order valence-electron chi connectivity index (χ1n) is 10.7. The van der Waals surface area contributed by atoms with Crippen LogP contribution in [0.2, 0.25) is 0 Å². The van der Waals surface area contributed by atoms with Crippen molar-refractivity contribution in [3.8, 4) is 0 Å². The lowest BCUT2D eigenvalue weighted by Crippen LogP contribution is -2.59. The van der Waals surface area contributed by atoms with Crippen molar-refractivity contribution in [1.82, 2.24) is 20.6 Å². The first-order chi connectivity index (χ1) is 16.8. The number of benzene rings is 2. The highest BCUT2D eigenvalue weighted by atomic mass is 19.4. The van der Waals surface area contributed by atoms with Gasteiger partial charge in [-0.05, 0) is 29.8 Å². The number of ether oxygens (including phenoxy) is 1. The summed E-state index contributed by atoms with van der Waals surface area (Å²) in [6, 6.07) is 11.8. The molecular weight excluding hydrogens is 463 g/mol. The van der Waals surface area contributed by atoms with E-state index in [1.165, 1.54) is 36.8 Å². The average Bonchev–Trinajstić information content (AvgIpc) is 3.33. The van der Waals surface area contributed by atoms with Gasteiger partial charge in [-0.2, -0.15) is 13.2 Å². The van der Waals surface area contributed by atoms with E-state index in [0.717, 1.165) is 11.6 Å². The quantitative estimate of drug-likeness (QED) is 0.474. The zero-order chi connectivity index (χ0) is 24.9. The first-order valence-corrected chi connectivity index (χ1v) is 10.7. The third kappa shape index (κ3) is 5.75. The minimum Gasteiger partial charge on any atom is -0.378 e. The fraction of sp³-hybridized carbons (Fsp3) is 0.250. The monoisotopic (exact) mass is 485 g/mol. The molecular formula is C24H22F3N5O3. The van der Waals surface area contributed by atoms with Crippen molar-refractivity contribution in [2.75, 3.05) is 18.5 Å². The second-order valence-electron chi connectivity index (χ2n) is 7.98. The predicted molar refractivity (Wildman–Crippen MR) is 121 cm³/mol. The topological polar surface area (TPSA) is 105 Å². The molecule has 2 amide bonds. The van der Waals surface area contributed by atoms with Gasteiger partial charge in [-0.3, -0.25) is 14.6 Å². The van der Waals surface area contributed by atoms with E-state index in [2.05, 4.69) is 25.9 Å². The Labute approximate surface area is 198 Å². The van der Waals surface area contributed by atoms with Gasteiger partial charge < -0.3 is 20.7 Å². The third-order valence-corrected chi connectivity index (χ3v) is 5.52. The van der Waals surface area contributed by atoms with Crippen molar-refractivity contribution < 1.29 is 27.5 Å². The molecule has 35 heavy (non-hydrogen) atoms. The second-order valence-corrected chi connectivity index (χ2v) is 7.98. The SMILES string of the molecule is O=C(NC1(C(=O)NCc2ccc(Nc3ccccc3C(F)(F)F)cc2)CCOC1)c1cnccn1. The summed E-state index contributed by atoms with van der Waals surface area (Å²) in [4.78, 5) is 33.3. The van der Waals surface area contributed by atoms with Gasteiger partial charge in [-0.25, -0.2) is 4.98 Å². The highest BCUT2D eigenvalue weighted by Gasteiger charge is 2.44. The van der Waals surface area contributed by atoms with Gasteiger partial charge in [-0.1, -0.05) is 24.3 Å². The Morgan fingerprint density at radius 1 is 1.06 bits per heavy atom. The van der Waals surface area contributed by atoms with Crippen molar-refractivity contribution in [2.24, 2.45) is 0 Å². The van der Waals surface area contributed by atoms with Crippen molar-refractivity contribution in [2.45, 2.75) is 24.7 Å². The zero-order valence-electron chi connectivity index (χ0n) is 18.4. The van der Waals surface area contributed by atoms with Crippen molar-refractivity contribution >= 4 is 23.2 Å². The lowest BCUT2D eigenvalue weighted by atomic mass is 9.97. The second kappa shape index (κ2) is 10.1. The highest BCUT2D eigenvalue weighted by molar-refractivity contribution is 5.98. The van der Waals surface area contributed by atoms with Gasteiger partial charge in [0.05, 0.1) is 24.1 Å². The number of anilines is 2. The molecule has 11 heteroatoms. The number of alkyl halides is 3. The van der Waals surface area contributed by atoms with Gasteiger partial charge in [-0.15, -0.1) is 0 Å². The number of aromatic nitrogens is 2. The smallest absolute Gasteiger partial charge is 0.378 e. The molecule has 1 saturated heterocycles. The molecule has 182 valence electrons. The molecule has 0 saturated carbocycles. The number of carbonyl (C=O) groups is 2. The van der Waals surface area contributed by atoms with E-state index in [1.807, 2.05) is 0 Å². The molecule has 2 heterocycles. The Morgan fingerprint density at radius 2 is 1.83 bits per heavy atom. The minimum absolute atomic E-state index is 0.0201. The molecule has 8 nitrogen and oxygen atoms in total. The average molecular weight is 485 g/mol. The van der Waals surface area contributed by atoms with Crippen LogP contribution in [0.4, 0.5) is 24.5 Å². The molecule has 1 unspecified atom stereocenters. The van der Waals surface area contributed by atoms with E-state index < -0.39 is 29.1 Å². The largest absolute Gasteiger partial charge is 0.418 e. The number of carbonyl (C=O) groups excluding carboxylic acids is 2. The van der Waals surface area contributed by atoms with E-state index in [-0.39, 0.29) is 24.5 Å². The van der Waals surface area contributed by atoms with Crippen LogP contribution in [0.15, 0.2) is 67.1 Å². The van der Waals surface area contributed by atoms with Crippen LogP contribution in [0, 0.1) is 0 Å². The fourth-order valence-corrected chi connectivity index (χ4v) is 3.65. The van der Waals surface area contributed by atoms with Crippen molar-refractivity contribution in [3.63, 3.8) is 0 Å². The van der Waals surface area contributed by atoms with E-state index in [0.29, 0.717) is 18.7 Å². The molecule has 0 aliphatic carbocycles. The number of hydrogen-bond donors (Lipinski definition) is 3. The molecule has 1 aliphatic rings. The number of halogens is 3. The summed E-state index contributed by atoms with van der Waals surface area (Å²) in [5.41, 5.74) is -0.776. The van der Waals surface area contributed by atoms with Crippen LogP contribution in [0.1, 0.15) is 28.0 Å².